The predicted octanol–water partition coefficient (Wildman–Crippen LogP) is 3.18. The summed E-state index contributed by atoms with van der Waals surface area (Å²) in [5, 5.41) is 9.40. The van der Waals surface area contributed by atoms with Crippen LogP contribution >= 0.6 is 23.2 Å². The molecule has 2 aromatic carbocycles. The molecule has 41 heavy (non-hydrogen) atoms. The Morgan fingerprint density at radius 3 is 2.15 bits per heavy atom. The highest BCUT2D eigenvalue weighted by atomic mass is 35.5. The van der Waals surface area contributed by atoms with Gasteiger partial charge in [0, 0.05) is 67.5 Å². The summed E-state index contributed by atoms with van der Waals surface area (Å²) in [5.74, 6) is -0.374. The summed E-state index contributed by atoms with van der Waals surface area (Å²) in [7, 11) is -2.29. The topological polar surface area (TPSA) is 140 Å². The van der Waals surface area contributed by atoms with Gasteiger partial charge in [0.25, 0.3) is 5.91 Å². The van der Waals surface area contributed by atoms with Gasteiger partial charge in [0.2, 0.25) is 10.0 Å². The Bertz CT molecular complexity index is 1380. The van der Waals surface area contributed by atoms with E-state index in [9.17, 15) is 22.8 Å². The first kappa shape index (κ1) is 30.9. The first-order valence-electron chi connectivity index (χ1n) is 13.4. The van der Waals surface area contributed by atoms with Gasteiger partial charge in [-0.15, -0.1) is 0 Å². The standard InChI is InChI=1S/C27H34Cl2N6O5S/c1-30-26(37)34-13-9-22(10-14-34)33-41(39,40)23-4-2-3-18(15-23)25(36)32-21-7-11-35(12-8-21)27(38)31-17-19-5-6-20(28)16-24(19)29/h2-6,15-16,21-22,33H,7-14,17H2,1H3,(H,30,37)(H,31,38)(H,32,36). The third-order valence-corrected chi connectivity index (χ3v) is 9.39. The minimum Gasteiger partial charge on any atom is -0.349 e. The molecule has 0 radical (unpaired) electrons. The molecule has 0 aromatic heterocycles. The number of halogens is 2. The highest BCUT2D eigenvalue weighted by Gasteiger charge is 2.28. The van der Waals surface area contributed by atoms with E-state index in [1.807, 2.05) is 0 Å². The minimum atomic E-state index is -3.85. The van der Waals surface area contributed by atoms with Gasteiger partial charge in [0.1, 0.15) is 0 Å². The second-order valence-electron chi connectivity index (χ2n) is 10.1. The zero-order valence-electron chi connectivity index (χ0n) is 22.7. The lowest BCUT2D eigenvalue weighted by atomic mass is 10.0. The Morgan fingerprint density at radius 1 is 0.878 bits per heavy atom. The number of benzene rings is 2. The number of amides is 5. The van der Waals surface area contributed by atoms with Gasteiger partial charge in [0.05, 0.1) is 4.90 Å². The Balaban J connectivity index is 1.25. The summed E-state index contributed by atoms with van der Waals surface area (Å²) in [5.41, 5.74) is 1.000. The van der Waals surface area contributed by atoms with Crippen molar-refractivity contribution in [2.75, 3.05) is 33.2 Å². The van der Waals surface area contributed by atoms with Gasteiger partial charge in [-0.1, -0.05) is 35.3 Å². The molecule has 5 amide bonds. The maximum Gasteiger partial charge on any atom is 0.317 e. The lowest BCUT2D eigenvalue weighted by molar-refractivity contribution is 0.0917. The van der Waals surface area contributed by atoms with E-state index >= 15 is 0 Å². The fraction of sp³-hybridized carbons (Fsp3) is 0.444. The fourth-order valence-corrected chi connectivity index (χ4v) is 6.72. The Morgan fingerprint density at radius 2 is 1.51 bits per heavy atom. The molecule has 14 heteroatoms. The molecule has 4 rings (SSSR count). The molecule has 222 valence electrons. The molecule has 2 aliphatic rings. The molecule has 2 aliphatic heterocycles. The Hall–Kier alpha value is -3.06. The summed E-state index contributed by atoms with van der Waals surface area (Å²) in [6, 6.07) is 10.2. The number of urea groups is 2. The van der Waals surface area contributed by atoms with Crippen molar-refractivity contribution in [1.82, 2.24) is 30.5 Å². The van der Waals surface area contributed by atoms with Crippen LogP contribution in [0.1, 0.15) is 41.6 Å². The summed E-state index contributed by atoms with van der Waals surface area (Å²) in [6.45, 7) is 2.10. The highest BCUT2D eigenvalue weighted by molar-refractivity contribution is 7.89. The van der Waals surface area contributed by atoms with Crippen LogP contribution in [0.5, 0.6) is 0 Å². The summed E-state index contributed by atoms with van der Waals surface area (Å²) < 4.78 is 28.7. The summed E-state index contributed by atoms with van der Waals surface area (Å²) >= 11 is 12.1. The van der Waals surface area contributed by atoms with Crippen LogP contribution in [0.4, 0.5) is 9.59 Å². The lowest BCUT2D eigenvalue weighted by Crippen LogP contribution is -2.49. The van der Waals surface area contributed by atoms with Crippen LogP contribution in [0.3, 0.4) is 0 Å². The van der Waals surface area contributed by atoms with Crippen molar-refractivity contribution in [2.24, 2.45) is 0 Å². The second kappa shape index (κ2) is 13.7. The van der Waals surface area contributed by atoms with Crippen molar-refractivity contribution in [3.05, 3.63) is 63.6 Å². The molecule has 2 aromatic rings. The van der Waals surface area contributed by atoms with Crippen molar-refractivity contribution < 1.29 is 22.8 Å². The van der Waals surface area contributed by atoms with E-state index in [1.165, 1.54) is 18.2 Å². The molecule has 0 spiro atoms. The van der Waals surface area contributed by atoms with Crippen molar-refractivity contribution in [3.63, 3.8) is 0 Å². The molecule has 4 N–H and O–H groups in total. The molecule has 0 bridgehead atoms. The molecule has 11 nitrogen and oxygen atoms in total. The van der Waals surface area contributed by atoms with Crippen molar-refractivity contribution in [2.45, 2.75) is 49.2 Å². The molecular weight excluding hydrogens is 591 g/mol. The molecule has 0 unspecified atom stereocenters. The largest absolute Gasteiger partial charge is 0.349 e. The number of nitrogens with zero attached hydrogens (tertiary/aromatic N) is 2. The first-order chi connectivity index (χ1) is 19.6. The summed E-state index contributed by atoms with van der Waals surface area (Å²) in [4.78, 5) is 40.7. The van der Waals surface area contributed by atoms with E-state index in [2.05, 4.69) is 20.7 Å². The van der Waals surface area contributed by atoms with Gasteiger partial charge < -0.3 is 25.8 Å². The normalized spacial score (nSPS) is 16.8. The fourth-order valence-electron chi connectivity index (χ4n) is 4.89. The summed E-state index contributed by atoms with van der Waals surface area (Å²) in [6.07, 6.45) is 2.13. The SMILES string of the molecule is CNC(=O)N1CCC(NS(=O)(=O)c2cccc(C(=O)NC3CCN(C(=O)NCc4ccc(Cl)cc4Cl)CC3)c2)CC1. The van der Waals surface area contributed by atoms with Gasteiger partial charge in [0.15, 0.2) is 0 Å². The van der Waals surface area contributed by atoms with Gasteiger partial charge in [-0.2, -0.15) is 0 Å². The molecule has 0 atom stereocenters. The third-order valence-electron chi connectivity index (χ3n) is 7.29. The quantitative estimate of drug-likeness (QED) is 0.375. The van der Waals surface area contributed by atoms with Gasteiger partial charge >= 0.3 is 12.1 Å². The van der Waals surface area contributed by atoms with Crippen molar-refractivity contribution in [3.8, 4) is 0 Å². The number of nitrogens with one attached hydrogen (secondary N) is 4. The number of piperidine rings is 2. The van der Waals surface area contributed by atoms with Crippen LogP contribution < -0.4 is 20.7 Å². The van der Waals surface area contributed by atoms with Crippen LogP contribution in [0.25, 0.3) is 0 Å². The number of sulfonamides is 1. The molecule has 0 aliphatic carbocycles. The number of likely N-dealkylation sites (tertiary alicyclic amines) is 2. The van der Waals surface area contributed by atoms with Gasteiger partial charge in [-0.25, -0.2) is 22.7 Å². The maximum absolute atomic E-state index is 13.0. The van der Waals surface area contributed by atoms with Gasteiger partial charge in [-0.3, -0.25) is 4.79 Å². The number of hydrogen-bond donors (Lipinski definition) is 4. The van der Waals surface area contributed by atoms with Crippen LogP contribution in [-0.2, 0) is 16.6 Å². The Kier molecular flexibility index (Phi) is 10.3. The van der Waals surface area contributed by atoms with E-state index < -0.39 is 10.0 Å². The maximum atomic E-state index is 13.0. The van der Waals surface area contributed by atoms with E-state index in [0.29, 0.717) is 61.9 Å². The van der Waals surface area contributed by atoms with E-state index in [1.54, 1.807) is 41.1 Å². The number of hydrogen-bond acceptors (Lipinski definition) is 5. The number of rotatable bonds is 7. The molecular formula is C27H34Cl2N6O5S. The monoisotopic (exact) mass is 624 g/mol. The van der Waals surface area contributed by atoms with E-state index in [-0.39, 0.29) is 47.1 Å². The number of carbonyl (C=O) groups is 3. The third kappa shape index (κ3) is 8.25. The molecule has 2 heterocycles. The molecule has 0 saturated carbocycles. The smallest absolute Gasteiger partial charge is 0.317 e. The average Bonchev–Trinajstić information content (AvgIpc) is 2.97. The zero-order valence-corrected chi connectivity index (χ0v) is 25.0. The predicted molar refractivity (Wildman–Crippen MR) is 157 cm³/mol. The van der Waals surface area contributed by atoms with Crippen LogP contribution in [0, 0.1) is 0 Å². The minimum absolute atomic E-state index is 0.00571. The average molecular weight is 626 g/mol. The van der Waals surface area contributed by atoms with Crippen LogP contribution in [-0.4, -0.2) is 81.5 Å². The highest BCUT2D eigenvalue weighted by Crippen LogP contribution is 2.21. The van der Waals surface area contributed by atoms with E-state index in [4.69, 9.17) is 23.2 Å². The van der Waals surface area contributed by atoms with Crippen molar-refractivity contribution in [1.29, 1.82) is 0 Å². The van der Waals surface area contributed by atoms with Crippen molar-refractivity contribution >= 4 is 51.2 Å². The first-order valence-corrected chi connectivity index (χ1v) is 15.7. The molecule has 2 saturated heterocycles. The van der Waals surface area contributed by atoms with E-state index in [0.717, 1.165) is 5.56 Å². The number of carbonyl (C=O) groups excluding carboxylic acids is 3. The second-order valence-corrected chi connectivity index (χ2v) is 12.7. The van der Waals surface area contributed by atoms with Crippen LogP contribution in [0.2, 0.25) is 10.0 Å². The zero-order chi connectivity index (χ0) is 29.6. The lowest BCUT2D eigenvalue weighted by Gasteiger charge is -2.32. The van der Waals surface area contributed by atoms with Gasteiger partial charge in [-0.05, 0) is 61.6 Å². The molecule has 2 fully saturated rings. The Labute approximate surface area is 250 Å². The van der Waals surface area contributed by atoms with Crippen LogP contribution in [0.15, 0.2) is 47.4 Å².